The average Bonchev–Trinajstić information content (AvgIpc) is 2.71. The molecular weight excluding hydrogens is 372 g/mol. The molecule has 3 heterocycles. The quantitative estimate of drug-likeness (QED) is 0.578. The zero-order chi connectivity index (χ0) is 21.2. The molecule has 0 amide bonds. The molecule has 6 nitrogen and oxygen atoms in total. The molecule has 3 aliphatic carbocycles. The molecule has 3 aliphatic heterocycles. The van der Waals surface area contributed by atoms with Gasteiger partial charge in [0, 0.05) is 17.3 Å². The molecule has 1 spiro atoms. The number of hydrogen-bond acceptors (Lipinski definition) is 6. The fraction of sp³-hybridized carbons (Fsp3) is 0.913. The molecule has 0 aromatic rings. The zero-order valence-corrected chi connectivity index (χ0v) is 18.3. The summed E-state index contributed by atoms with van der Waals surface area (Å²) in [5, 5.41) is 35.1. The van der Waals surface area contributed by atoms with Crippen LogP contribution in [0.25, 0.3) is 0 Å². The standard InChI is InChI=1S/C23H36O6/c1-7-22-15-13(10-12(2)17(22)24)28-20(5,6)29-14-8-9-19(3,4)16-18(25)23(22,26)27-11-21(14,15)16/h13-18,24-26H,2,7-11H2,1,3-6H3/t13-,14-,15?,16?,17+,18-,21-,22-,23-/m0/s1. The monoisotopic (exact) mass is 408 g/mol. The van der Waals surface area contributed by atoms with Gasteiger partial charge in [-0.05, 0) is 50.5 Å². The highest BCUT2D eigenvalue weighted by Crippen LogP contribution is 2.76. The Morgan fingerprint density at radius 3 is 2.45 bits per heavy atom. The molecule has 29 heavy (non-hydrogen) atoms. The van der Waals surface area contributed by atoms with Gasteiger partial charge in [0.15, 0.2) is 5.79 Å². The fourth-order valence-electron chi connectivity index (χ4n) is 8.48. The van der Waals surface area contributed by atoms with Crippen LogP contribution in [0.5, 0.6) is 0 Å². The molecule has 2 bridgehead atoms. The molecule has 6 heteroatoms. The molecule has 6 fully saturated rings. The van der Waals surface area contributed by atoms with E-state index in [2.05, 4.69) is 20.4 Å². The van der Waals surface area contributed by atoms with Crippen LogP contribution in [0.3, 0.4) is 0 Å². The minimum atomic E-state index is -1.85. The van der Waals surface area contributed by atoms with Gasteiger partial charge in [-0.15, -0.1) is 0 Å². The third kappa shape index (κ3) is 2.09. The van der Waals surface area contributed by atoms with Crippen molar-refractivity contribution in [3.63, 3.8) is 0 Å². The Balaban J connectivity index is 1.84. The van der Waals surface area contributed by atoms with E-state index in [1.54, 1.807) is 0 Å². The van der Waals surface area contributed by atoms with Crippen LogP contribution >= 0.6 is 0 Å². The van der Waals surface area contributed by atoms with E-state index in [4.69, 9.17) is 14.2 Å². The van der Waals surface area contributed by atoms with Crippen LogP contribution in [-0.4, -0.2) is 57.9 Å². The van der Waals surface area contributed by atoms with E-state index in [0.717, 1.165) is 12.8 Å². The van der Waals surface area contributed by atoms with E-state index in [1.807, 2.05) is 20.8 Å². The van der Waals surface area contributed by atoms with E-state index >= 15 is 0 Å². The summed E-state index contributed by atoms with van der Waals surface area (Å²) in [6, 6.07) is 0. The second kappa shape index (κ2) is 5.64. The van der Waals surface area contributed by atoms with Crippen molar-refractivity contribution in [2.45, 2.75) is 96.3 Å². The van der Waals surface area contributed by atoms with Crippen LogP contribution < -0.4 is 0 Å². The van der Waals surface area contributed by atoms with Crippen LogP contribution in [0.1, 0.15) is 60.3 Å². The summed E-state index contributed by atoms with van der Waals surface area (Å²) in [4.78, 5) is 0. The van der Waals surface area contributed by atoms with E-state index in [0.29, 0.717) is 25.0 Å². The van der Waals surface area contributed by atoms with Crippen LogP contribution in [-0.2, 0) is 14.2 Å². The Morgan fingerprint density at radius 2 is 1.79 bits per heavy atom. The van der Waals surface area contributed by atoms with Crippen LogP contribution in [0.15, 0.2) is 12.2 Å². The number of hydrogen-bond donors (Lipinski definition) is 3. The van der Waals surface area contributed by atoms with Crippen molar-refractivity contribution in [2.75, 3.05) is 6.61 Å². The van der Waals surface area contributed by atoms with Gasteiger partial charge in [0.1, 0.15) is 6.10 Å². The minimum Gasteiger partial charge on any atom is -0.388 e. The second-order valence-corrected chi connectivity index (χ2v) is 11.3. The maximum Gasteiger partial charge on any atom is 0.201 e. The second-order valence-electron chi connectivity index (χ2n) is 11.3. The molecule has 2 unspecified atom stereocenters. The van der Waals surface area contributed by atoms with Gasteiger partial charge in [-0.1, -0.05) is 27.4 Å². The van der Waals surface area contributed by atoms with E-state index < -0.39 is 34.6 Å². The van der Waals surface area contributed by atoms with Crippen LogP contribution in [0, 0.1) is 28.1 Å². The van der Waals surface area contributed by atoms with Gasteiger partial charge in [-0.2, -0.15) is 0 Å². The smallest absolute Gasteiger partial charge is 0.201 e. The summed E-state index contributed by atoms with van der Waals surface area (Å²) in [5.74, 6) is -3.06. The molecule has 6 aliphatic rings. The molecule has 0 aromatic heterocycles. The van der Waals surface area contributed by atoms with E-state index in [-0.39, 0.29) is 29.5 Å². The van der Waals surface area contributed by atoms with Crippen molar-refractivity contribution in [1.82, 2.24) is 0 Å². The third-order valence-corrected chi connectivity index (χ3v) is 9.29. The summed E-state index contributed by atoms with van der Waals surface area (Å²) >= 11 is 0. The Hall–Kier alpha value is -0.500. The predicted octanol–water partition coefficient (Wildman–Crippen LogP) is 2.36. The Kier molecular flexibility index (Phi) is 3.97. The Labute approximate surface area is 173 Å². The van der Waals surface area contributed by atoms with Crippen molar-refractivity contribution >= 4 is 0 Å². The summed E-state index contributed by atoms with van der Waals surface area (Å²) in [6.45, 7) is 14.6. The highest BCUT2D eigenvalue weighted by molar-refractivity contribution is 5.33. The average molecular weight is 409 g/mol. The lowest BCUT2D eigenvalue weighted by Crippen LogP contribution is -2.86. The highest BCUT2D eigenvalue weighted by Gasteiger charge is 2.84. The maximum absolute atomic E-state index is 12.0. The predicted molar refractivity (Wildman–Crippen MR) is 106 cm³/mol. The highest BCUT2D eigenvalue weighted by atomic mass is 16.7. The molecule has 164 valence electrons. The molecular formula is C23H36O6. The summed E-state index contributed by atoms with van der Waals surface area (Å²) < 4.78 is 19.3. The van der Waals surface area contributed by atoms with Crippen LogP contribution in [0.4, 0.5) is 0 Å². The minimum absolute atomic E-state index is 0.172. The van der Waals surface area contributed by atoms with Crippen molar-refractivity contribution < 1.29 is 29.5 Å². The van der Waals surface area contributed by atoms with Crippen molar-refractivity contribution in [1.29, 1.82) is 0 Å². The first-order valence-corrected chi connectivity index (χ1v) is 11.1. The number of fused-ring (bicyclic) bond motifs is 1. The van der Waals surface area contributed by atoms with Crippen LogP contribution in [0.2, 0.25) is 0 Å². The third-order valence-electron chi connectivity index (χ3n) is 9.29. The van der Waals surface area contributed by atoms with Gasteiger partial charge in [0.25, 0.3) is 0 Å². The van der Waals surface area contributed by atoms with E-state index in [9.17, 15) is 15.3 Å². The lowest BCUT2D eigenvalue weighted by molar-refractivity contribution is -0.471. The van der Waals surface area contributed by atoms with Gasteiger partial charge >= 0.3 is 0 Å². The summed E-state index contributed by atoms with van der Waals surface area (Å²) in [6.07, 6.45) is 0.184. The first-order chi connectivity index (χ1) is 13.4. The molecule has 3 saturated heterocycles. The SMILES string of the molecule is C=C1C[C@@H]2OC(C)(C)O[C@H]3CCC(C)(C)C4[C@H](O)[C@]5(O)OC[C@]43C2[C@@]5(CC)[C@@H]1O. The van der Waals surface area contributed by atoms with Gasteiger partial charge in [-0.25, -0.2) is 0 Å². The first-order valence-electron chi connectivity index (χ1n) is 11.1. The largest absolute Gasteiger partial charge is 0.388 e. The number of rotatable bonds is 1. The number of aliphatic hydroxyl groups is 3. The van der Waals surface area contributed by atoms with Crippen molar-refractivity contribution in [3.05, 3.63) is 12.2 Å². The molecule has 6 rings (SSSR count). The lowest BCUT2D eigenvalue weighted by Gasteiger charge is -2.76. The van der Waals surface area contributed by atoms with Crippen molar-refractivity contribution in [3.8, 4) is 0 Å². The molecule has 0 radical (unpaired) electrons. The van der Waals surface area contributed by atoms with Gasteiger partial charge in [0.05, 0.1) is 30.3 Å². The van der Waals surface area contributed by atoms with E-state index in [1.165, 1.54) is 0 Å². The number of ether oxygens (including phenoxy) is 3. The summed E-state index contributed by atoms with van der Waals surface area (Å²) in [5.41, 5.74) is -1.20. The zero-order valence-electron chi connectivity index (χ0n) is 18.3. The topological polar surface area (TPSA) is 88.4 Å². The molecule has 3 N–H and O–H groups in total. The van der Waals surface area contributed by atoms with Crippen molar-refractivity contribution in [2.24, 2.45) is 28.1 Å². The van der Waals surface area contributed by atoms with Gasteiger partial charge in [0.2, 0.25) is 5.79 Å². The first kappa shape index (κ1) is 20.4. The lowest BCUT2D eigenvalue weighted by atomic mass is 9.34. The Bertz CT molecular complexity index is 748. The van der Waals surface area contributed by atoms with Gasteiger partial charge < -0.3 is 29.5 Å². The fourth-order valence-corrected chi connectivity index (χ4v) is 8.48. The summed E-state index contributed by atoms with van der Waals surface area (Å²) in [7, 11) is 0. The molecule has 9 atom stereocenters. The number of aliphatic hydroxyl groups excluding tert-OH is 2. The molecule has 3 saturated carbocycles. The maximum atomic E-state index is 12.0. The van der Waals surface area contributed by atoms with Gasteiger partial charge in [-0.3, -0.25) is 0 Å². The molecule has 0 aromatic carbocycles. The normalized spacial score (nSPS) is 57.2. The Morgan fingerprint density at radius 1 is 1.10 bits per heavy atom.